The molecule has 2 aromatic rings. The van der Waals surface area contributed by atoms with Crippen molar-refractivity contribution in [2.24, 2.45) is 5.73 Å². The van der Waals surface area contributed by atoms with Gasteiger partial charge in [0.05, 0.1) is 24.5 Å². The van der Waals surface area contributed by atoms with E-state index in [1.807, 2.05) is 0 Å². The summed E-state index contributed by atoms with van der Waals surface area (Å²) in [4.78, 5) is 12.5. The molecule has 6 heteroatoms. The summed E-state index contributed by atoms with van der Waals surface area (Å²) in [5.74, 6) is 0.453. The Labute approximate surface area is 125 Å². The lowest BCUT2D eigenvalue weighted by atomic mass is 10.3. The van der Waals surface area contributed by atoms with Crippen LogP contribution in [0.15, 0.2) is 58.3 Å². The summed E-state index contributed by atoms with van der Waals surface area (Å²) in [7, 11) is 0.311. The Morgan fingerprint density at radius 1 is 1.10 bits per heavy atom. The molecule has 2 rings (SSSR count). The molecule has 1 atom stereocenters. The van der Waals surface area contributed by atoms with Crippen LogP contribution in [0.5, 0.6) is 5.75 Å². The van der Waals surface area contributed by atoms with Gasteiger partial charge in [-0.1, -0.05) is 0 Å². The van der Waals surface area contributed by atoms with Gasteiger partial charge in [-0.3, -0.25) is 4.79 Å². The van der Waals surface area contributed by atoms with Gasteiger partial charge < -0.3 is 15.8 Å². The molecule has 0 radical (unpaired) electrons. The van der Waals surface area contributed by atoms with E-state index in [-0.39, 0.29) is 12.5 Å². The van der Waals surface area contributed by atoms with Crippen LogP contribution < -0.4 is 15.8 Å². The van der Waals surface area contributed by atoms with Crippen molar-refractivity contribution in [2.75, 3.05) is 19.0 Å². The van der Waals surface area contributed by atoms with Gasteiger partial charge >= 0.3 is 0 Å². The molecule has 0 aliphatic heterocycles. The Bertz CT molecular complexity index is 639. The first kappa shape index (κ1) is 15.2. The highest BCUT2D eigenvalue weighted by Gasteiger charge is 2.08. The number of amides is 1. The molecular weight excluding hydrogens is 288 g/mol. The molecule has 0 heterocycles. The predicted octanol–water partition coefficient (Wildman–Crippen LogP) is 1.76. The minimum Gasteiger partial charge on any atom is -0.497 e. The maximum Gasteiger partial charge on any atom is 0.238 e. The van der Waals surface area contributed by atoms with E-state index in [1.165, 1.54) is 0 Å². The van der Waals surface area contributed by atoms with Crippen LogP contribution in [0.25, 0.3) is 0 Å². The Kier molecular flexibility index (Phi) is 5.08. The largest absolute Gasteiger partial charge is 0.497 e. The second-order valence-corrected chi connectivity index (χ2v) is 5.70. The first-order chi connectivity index (χ1) is 10.1. The van der Waals surface area contributed by atoms with E-state index in [9.17, 15) is 9.00 Å². The van der Waals surface area contributed by atoms with Crippen LogP contribution in [0.1, 0.15) is 0 Å². The highest BCUT2D eigenvalue weighted by atomic mass is 32.2. The Morgan fingerprint density at radius 2 is 1.62 bits per heavy atom. The lowest BCUT2D eigenvalue weighted by Gasteiger charge is -2.06. The van der Waals surface area contributed by atoms with Crippen molar-refractivity contribution in [2.45, 2.75) is 9.79 Å². The minimum atomic E-state index is -1.27. The second-order valence-electron chi connectivity index (χ2n) is 4.22. The predicted molar refractivity (Wildman–Crippen MR) is 81.8 cm³/mol. The lowest BCUT2D eigenvalue weighted by Crippen LogP contribution is -2.21. The van der Waals surface area contributed by atoms with Gasteiger partial charge in [0.1, 0.15) is 5.75 Å². The van der Waals surface area contributed by atoms with Crippen LogP contribution in [-0.4, -0.2) is 23.8 Å². The van der Waals surface area contributed by atoms with Crippen LogP contribution in [0.4, 0.5) is 5.69 Å². The normalized spacial score (nSPS) is 11.7. The number of carbonyl (C=O) groups is 1. The maximum atomic E-state index is 12.4. The molecule has 5 nitrogen and oxygen atoms in total. The molecular formula is C15H16N2O3S. The number of rotatable bonds is 5. The Balaban J connectivity index is 2.13. The third-order valence-corrected chi connectivity index (χ3v) is 4.21. The fraction of sp³-hybridized carbons (Fsp3) is 0.133. The van der Waals surface area contributed by atoms with Crippen LogP contribution in [-0.2, 0) is 15.6 Å². The van der Waals surface area contributed by atoms with Gasteiger partial charge in [0, 0.05) is 15.5 Å². The summed E-state index contributed by atoms with van der Waals surface area (Å²) in [6.07, 6.45) is 0. The van der Waals surface area contributed by atoms with Crippen LogP contribution in [0.2, 0.25) is 0 Å². The number of methoxy groups -OCH3 is 1. The van der Waals surface area contributed by atoms with Crippen molar-refractivity contribution >= 4 is 22.4 Å². The summed E-state index contributed by atoms with van der Waals surface area (Å²) in [6.45, 7) is -0.0699. The van der Waals surface area contributed by atoms with E-state index in [4.69, 9.17) is 10.5 Å². The van der Waals surface area contributed by atoms with Crippen LogP contribution in [0.3, 0.4) is 0 Å². The zero-order valence-corrected chi connectivity index (χ0v) is 12.4. The third kappa shape index (κ3) is 3.90. The number of ether oxygens (including phenoxy) is 1. The van der Waals surface area contributed by atoms with E-state index < -0.39 is 10.8 Å². The molecule has 0 aliphatic carbocycles. The van der Waals surface area contributed by atoms with Crippen molar-refractivity contribution in [1.29, 1.82) is 0 Å². The average molecular weight is 304 g/mol. The summed E-state index contributed by atoms with van der Waals surface area (Å²) >= 11 is 0. The quantitative estimate of drug-likeness (QED) is 0.882. The number of anilines is 1. The number of hydrogen-bond donors (Lipinski definition) is 2. The summed E-state index contributed by atoms with van der Waals surface area (Å²) < 4.78 is 17.5. The van der Waals surface area contributed by atoms with Gasteiger partial charge in [0.2, 0.25) is 5.91 Å². The number of nitrogens with one attached hydrogen (secondary N) is 1. The first-order valence-electron chi connectivity index (χ1n) is 6.30. The highest BCUT2D eigenvalue weighted by molar-refractivity contribution is 7.85. The van der Waals surface area contributed by atoms with Gasteiger partial charge in [-0.05, 0) is 48.5 Å². The van der Waals surface area contributed by atoms with Crippen molar-refractivity contribution in [3.05, 3.63) is 48.5 Å². The second kappa shape index (κ2) is 7.01. The van der Waals surface area contributed by atoms with E-state index in [0.717, 1.165) is 5.75 Å². The molecule has 0 spiro atoms. The van der Waals surface area contributed by atoms with E-state index in [1.54, 1.807) is 55.6 Å². The first-order valence-corrected chi connectivity index (χ1v) is 7.45. The van der Waals surface area contributed by atoms with Gasteiger partial charge in [-0.2, -0.15) is 0 Å². The zero-order chi connectivity index (χ0) is 15.2. The fourth-order valence-corrected chi connectivity index (χ4v) is 2.75. The molecule has 0 bridgehead atoms. The number of benzene rings is 2. The van der Waals surface area contributed by atoms with E-state index in [2.05, 4.69) is 5.32 Å². The molecule has 2 aromatic carbocycles. The smallest absolute Gasteiger partial charge is 0.238 e. The lowest BCUT2D eigenvalue weighted by molar-refractivity contribution is -0.114. The molecule has 1 unspecified atom stereocenters. The number of nitrogens with two attached hydrogens (primary N) is 1. The Morgan fingerprint density at radius 3 is 2.10 bits per heavy atom. The molecule has 21 heavy (non-hydrogen) atoms. The molecule has 1 amide bonds. The van der Waals surface area contributed by atoms with Crippen molar-refractivity contribution in [1.82, 2.24) is 0 Å². The van der Waals surface area contributed by atoms with Gasteiger partial charge in [-0.25, -0.2) is 4.21 Å². The number of carbonyl (C=O) groups excluding carboxylic acids is 1. The van der Waals surface area contributed by atoms with Gasteiger partial charge in [0.25, 0.3) is 0 Å². The SMILES string of the molecule is COc1ccc(S(=O)c2ccc(NC(=O)CN)cc2)cc1. The molecule has 0 saturated carbocycles. The monoisotopic (exact) mass is 304 g/mol. The molecule has 0 saturated heterocycles. The van der Waals surface area contributed by atoms with Gasteiger partial charge in [-0.15, -0.1) is 0 Å². The summed E-state index contributed by atoms with van der Waals surface area (Å²) in [5, 5.41) is 2.63. The van der Waals surface area contributed by atoms with Crippen molar-refractivity contribution in [3.63, 3.8) is 0 Å². The van der Waals surface area contributed by atoms with Gasteiger partial charge in [0.15, 0.2) is 0 Å². The zero-order valence-electron chi connectivity index (χ0n) is 11.5. The average Bonchev–Trinajstić information content (AvgIpc) is 2.55. The molecule has 0 fully saturated rings. The molecule has 3 N–H and O–H groups in total. The highest BCUT2D eigenvalue weighted by Crippen LogP contribution is 2.20. The molecule has 110 valence electrons. The third-order valence-electron chi connectivity index (χ3n) is 2.81. The maximum absolute atomic E-state index is 12.4. The summed E-state index contributed by atoms with van der Waals surface area (Å²) in [5.41, 5.74) is 5.85. The van der Waals surface area contributed by atoms with E-state index >= 15 is 0 Å². The topological polar surface area (TPSA) is 81.4 Å². The minimum absolute atomic E-state index is 0.0699. The van der Waals surface area contributed by atoms with Crippen molar-refractivity contribution in [3.8, 4) is 5.75 Å². The standard InChI is InChI=1S/C15H16N2O3S/c1-20-12-4-8-14(9-5-12)21(19)13-6-2-11(3-7-13)17-15(18)10-16/h2-9H,10,16H2,1H3,(H,17,18). The van der Waals surface area contributed by atoms with Crippen molar-refractivity contribution < 1.29 is 13.7 Å². The number of hydrogen-bond acceptors (Lipinski definition) is 4. The van der Waals surface area contributed by atoms with E-state index in [0.29, 0.717) is 15.5 Å². The summed E-state index contributed by atoms with van der Waals surface area (Å²) in [6, 6.07) is 13.9. The fourth-order valence-electron chi connectivity index (χ4n) is 1.71. The van der Waals surface area contributed by atoms with Crippen LogP contribution in [0, 0.1) is 0 Å². The van der Waals surface area contributed by atoms with Crippen LogP contribution >= 0.6 is 0 Å². The Hall–Kier alpha value is -2.18. The molecule has 0 aromatic heterocycles. The molecule has 0 aliphatic rings.